The molecule has 0 bridgehead atoms. The maximum atomic E-state index is 10.1. The third-order valence-electron chi connectivity index (χ3n) is 0.545. The number of carbonyl (C=O) groups is 3. The summed E-state index contributed by atoms with van der Waals surface area (Å²) in [7, 11) is 0. The van der Waals surface area contributed by atoms with Crippen molar-refractivity contribution in [3.05, 3.63) is 6.42 Å². The van der Waals surface area contributed by atoms with Crippen LogP contribution in [0.5, 0.6) is 0 Å². The SMILES string of the molecule is CC(=O)[CH-]C(=O)C(=O)O.[Ti]. The summed E-state index contributed by atoms with van der Waals surface area (Å²) < 4.78 is 0. The minimum absolute atomic E-state index is 0. The van der Waals surface area contributed by atoms with Gasteiger partial charge in [0.15, 0.2) is 0 Å². The van der Waals surface area contributed by atoms with Gasteiger partial charge in [-0.2, -0.15) is 0 Å². The van der Waals surface area contributed by atoms with Crippen LogP contribution < -0.4 is 0 Å². The van der Waals surface area contributed by atoms with E-state index in [-0.39, 0.29) is 21.7 Å². The summed E-state index contributed by atoms with van der Waals surface area (Å²) in [4.78, 5) is 29.8. The zero-order valence-corrected chi connectivity index (χ0v) is 6.81. The third-order valence-corrected chi connectivity index (χ3v) is 0.545. The molecule has 54 valence electrons. The number of rotatable bonds is 3. The minimum Gasteiger partial charge on any atom is -0.560 e. The van der Waals surface area contributed by atoms with Crippen molar-refractivity contribution in [3.63, 3.8) is 0 Å². The first-order valence-corrected chi connectivity index (χ1v) is 2.16. The van der Waals surface area contributed by atoms with Crippen molar-refractivity contribution >= 4 is 17.5 Å². The molecule has 0 radical (unpaired) electrons. The van der Waals surface area contributed by atoms with Crippen LogP contribution in [0.1, 0.15) is 6.92 Å². The second-order valence-electron chi connectivity index (χ2n) is 1.42. The van der Waals surface area contributed by atoms with Gasteiger partial charge in [0.1, 0.15) is 5.78 Å². The van der Waals surface area contributed by atoms with E-state index in [1.54, 1.807) is 0 Å². The Balaban J connectivity index is 0. The Bertz CT molecular complexity index is 163. The Hall–Kier alpha value is -0.606. The van der Waals surface area contributed by atoms with Crippen molar-refractivity contribution < 1.29 is 41.2 Å². The topological polar surface area (TPSA) is 71.4 Å². The van der Waals surface area contributed by atoms with Gasteiger partial charge in [0.2, 0.25) is 5.97 Å². The Morgan fingerprint density at radius 3 is 1.80 bits per heavy atom. The van der Waals surface area contributed by atoms with Crippen LogP contribution in [0.4, 0.5) is 0 Å². The quantitative estimate of drug-likeness (QED) is 0.271. The smallest absolute Gasteiger partial charge is 0.213 e. The predicted molar refractivity (Wildman–Crippen MR) is 27.6 cm³/mol. The van der Waals surface area contributed by atoms with E-state index in [9.17, 15) is 14.4 Å². The molecular weight excluding hydrogens is 172 g/mol. The molecule has 0 aliphatic heterocycles. The van der Waals surface area contributed by atoms with Gasteiger partial charge in [-0.15, -0.1) is 6.42 Å². The fraction of sp³-hybridized carbons (Fsp3) is 0.200. The summed E-state index contributed by atoms with van der Waals surface area (Å²) in [6, 6.07) is 0. The Kier molecular flexibility index (Phi) is 6.30. The number of carboxylic acid groups (broad SMARTS) is 1. The van der Waals surface area contributed by atoms with Gasteiger partial charge < -0.3 is 19.5 Å². The molecule has 0 aromatic rings. The van der Waals surface area contributed by atoms with Crippen molar-refractivity contribution in [2.24, 2.45) is 0 Å². The number of aliphatic carboxylic acids is 1. The first-order chi connectivity index (χ1) is 4.04. The molecule has 0 heterocycles. The fourth-order valence-electron chi connectivity index (χ4n) is 0.246. The normalized spacial score (nSPS) is 7.30. The monoisotopic (exact) mass is 177 g/mol. The van der Waals surface area contributed by atoms with Crippen LogP contribution in [-0.4, -0.2) is 22.6 Å². The van der Waals surface area contributed by atoms with E-state index in [0.717, 1.165) is 6.92 Å². The van der Waals surface area contributed by atoms with Gasteiger partial charge in [-0.3, -0.25) is 0 Å². The van der Waals surface area contributed by atoms with E-state index >= 15 is 0 Å². The number of hydrogen-bond acceptors (Lipinski definition) is 3. The second kappa shape index (κ2) is 5.20. The summed E-state index contributed by atoms with van der Waals surface area (Å²) in [6.45, 7) is 1.11. The zero-order chi connectivity index (χ0) is 7.44. The predicted octanol–water partition coefficient (Wildman–Crippen LogP) is -0.569. The standard InChI is InChI=1S/C5H5O4.Ti/c1-3(6)2-4(7)5(8)9;/h2H,1H3,(H,8,9);/q-1;. The number of hydrogen-bond donors (Lipinski definition) is 1. The first-order valence-electron chi connectivity index (χ1n) is 2.16. The van der Waals surface area contributed by atoms with Gasteiger partial charge in [0.25, 0.3) is 0 Å². The Morgan fingerprint density at radius 2 is 1.70 bits per heavy atom. The van der Waals surface area contributed by atoms with Crippen LogP contribution in [0.25, 0.3) is 0 Å². The Morgan fingerprint density at radius 1 is 1.30 bits per heavy atom. The molecule has 10 heavy (non-hydrogen) atoms. The van der Waals surface area contributed by atoms with E-state index in [2.05, 4.69) is 0 Å². The molecule has 0 aromatic carbocycles. The molecule has 0 unspecified atom stereocenters. The summed E-state index contributed by atoms with van der Waals surface area (Å²) in [5.74, 6) is -3.34. The van der Waals surface area contributed by atoms with Crippen LogP contribution in [0.15, 0.2) is 0 Å². The van der Waals surface area contributed by atoms with Crippen molar-refractivity contribution in [1.82, 2.24) is 0 Å². The Labute approximate surface area is 72.5 Å². The summed E-state index contributed by atoms with van der Waals surface area (Å²) in [6.07, 6.45) is 0.530. The molecule has 0 saturated heterocycles. The number of carbonyl (C=O) groups excluding carboxylic acids is 2. The summed E-state index contributed by atoms with van der Waals surface area (Å²) in [5, 5.41) is 7.90. The molecule has 0 amide bonds. The molecule has 0 rings (SSSR count). The maximum absolute atomic E-state index is 10.1. The number of ketones is 2. The van der Waals surface area contributed by atoms with E-state index < -0.39 is 17.5 Å². The molecule has 0 aromatic heterocycles. The number of Topliss-reactive ketones (excluding diaryl/α,β-unsaturated/α-hetero) is 2. The largest absolute Gasteiger partial charge is 0.560 e. The summed E-state index contributed by atoms with van der Waals surface area (Å²) in [5.41, 5.74) is 0. The summed E-state index contributed by atoms with van der Waals surface area (Å²) >= 11 is 0. The molecule has 0 aliphatic rings. The zero-order valence-electron chi connectivity index (χ0n) is 5.25. The van der Waals surface area contributed by atoms with Crippen LogP contribution in [0.2, 0.25) is 0 Å². The van der Waals surface area contributed by atoms with E-state index in [4.69, 9.17) is 5.11 Å². The van der Waals surface area contributed by atoms with Gasteiger partial charge in [-0.25, -0.2) is 0 Å². The van der Waals surface area contributed by atoms with Gasteiger partial charge in [0.05, 0.1) is 5.78 Å². The average molecular weight is 177 g/mol. The molecule has 0 fully saturated rings. The molecule has 1 N–H and O–H groups in total. The van der Waals surface area contributed by atoms with Crippen molar-refractivity contribution in [2.75, 3.05) is 0 Å². The van der Waals surface area contributed by atoms with Crippen molar-refractivity contribution in [3.8, 4) is 0 Å². The molecule has 0 aliphatic carbocycles. The van der Waals surface area contributed by atoms with Crippen molar-refractivity contribution in [2.45, 2.75) is 6.92 Å². The molecular formula is C5H5O4Ti-. The van der Waals surface area contributed by atoms with Crippen LogP contribution in [0, 0.1) is 6.42 Å². The third kappa shape index (κ3) is 5.53. The minimum atomic E-state index is -1.61. The van der Waals surface area contributed by atoms with E-state index in [0.29, 0.717) is 6.42 Å². The fourth-order valence-corrected chi connectivity index (χ4v) is 0.246. The van der Waals surface area contributed by atoms with Crippen LogP contribution in [0.3, 0.4) is 0 Å². The van der Waals surface area contributed by atoms with Crippen LogP contribution >= 0.6 is 0 Å². The maximum Gasteiger partial charge on any atom is 0.213 e. The van der Waals surface area contributed by atoms with E-state index in [1.807, 2.05) is 0 Å². The van der Waals surface area contributed by atoms with Gasteiger partial charge in [-0.1, -0.05) is 0 Å². The van der Waals surface area contributed by atoms with Gasteiger partial charge >= 0.3 is 0 Å². The van der Waals surface area contributed by atoms with Gasteiger partial charge in [0, 0.05) is 21.7 Å². The average Bonchev–Trinajstić information content (AvgIpc) is 1.63. The van der Waals surface area contributed by atoms with E-state index in [1.165, 1.54) is 0 Å². The van der Waals surface area contributed by atoms with Crippen LogP contribution in [-0.2, 0) is 36.1 Å². The number of carboxylic acids is 1. The molecule has 0 atom stereocenters. The molecule has 0 spiro atoms. The molecule has 5 heteroatoms. The molecule has 4 nitrogen and oxygen atoms in total. The first kappa shape index (κ1) is 12.1. The van der Waals surface area contributed by atoms with Gasteiger partial charge in [-0.05, 0) is 6.92 Å². The second-order valence-corrected chi connectivity index (χ2v) is 1.42. The molecule has 0 saturated carbocycles. The van der Waals surface area contributed by atoms with Crippen molar-refractivity contribution in [1.29, 1.82) is 0 Å².